The van der Waals surface area contributed by atoms with Gasteiger partial charge in [0.05, 0.1) is 10.5 Å². The quantitative estimate of drug-likeness (QED) is 0.634. The molecule has 8 nitrogen and oxygen atoms in total. The van der Waals surface area contributed by atoms with Crippen molar-refractivity contribution in [1.29, 1.82) is 0 Å². The van der Waals surface area contributed by atoms with E-state index in [1.807, 2.05) is 4.90 Å². The summed E-state index contributed by atoms with van der Waals surface area (Å²) in [5.41, 5.74) is 0.0139. The van der Waals surface area contributed by atoms with Gasteiger partial charge in [-0.25, -0.2) is 4.79 Å². The number of hydrogen-bond donors (Lipinski definition) is 2. The highest BCUT2D eigenvalue weighted by Gasteiger charge is 2.53. The molecule has 8 heteroatoms. The van der Waals surface area contributed by atoms with Crippen molar-refractivity contribution in [1.82, 2.24) is 4.90 Å². The van der Waals surface area contributed by atoms with Crippen LogP contribution in [0.1, 0.15) is 12.8 Å². The fraction of sp³-hybridized carbons (Fsp3) is 0.462. The number of anilines is 1. The van der Waals surface area contributed by atoms with E-state index in [4.69, 9.17) is 0 Å². The van der Waals surface area contributed by atoms with Gasteiger partial charge in [0, 0.05) is 37.5 Å². The normalized spacial score (nSPS) is 19.6. The average Bonchev–Trinajstić information content (AvgIpc) is 3.17. The van der Waals surface area contributed by atoms with Crippen molar-refractivity contribution >= 4 is 17.5 Å². The Balaban J connectivity index is 1.82. The largest absolute Gasteiger partial charge is 0.502 e. The minimum atomic E-state index is -0.904. The van der Waals surface area contributed by atoms with E-state index in [1.165, 1.54) is 17.0 Å². The minimum Gasteiger partial charge on any atom is -0.502 e. The van der Waals surface area contributed by atoms with Gasteiger partial charge in [-0.2, -0.15) is 0 Å². The molecule has 0 aromatic heterocycles. The second-order valence-electron chi connectivity index (χ2n) is 5.51. The van der Waals surface area contributed by atoms with E-state index in [0.717, 1.165) is 12.8 Å². The monoisotopic (exact) mass is 293 g/mol. The Kier molecular flexibility index (Phi) is 2.89. The third kappa shape index (κ3) is 2.22. The lowest BCUT2D eigenvalue weighted by molar-refractivity contribution is -0.385. The van der Waals surface area contributed by atoms with E-state index >= 15 is 0 Å². The summed E-state index contributed by atoms with van der Waals surface area (Å²) < 4.78 is 0. The molecular formula is C13H15N3O5. The van der Waals surface area contributed by atoms with Gasteiger partial charge in [-0.15, -0.1) is 0 Å². The number of aromatic hydroxyl groups is 1. The van der Waals surface area contributed by atoms with Gasteiger partial charge >= 0.3 is 11.8 Å². The third-order valence-corrected chi connectivity index (χ3v) is 4.23. The Bertz CT molecular complexity index is 614. The Morgan fingerprint density at radius 3 is 2.57 bits per heavy atom. The molecule has 2 N–H and O–H groups in total. The number of carbonyl (C=O) groups is 1. The highest BCUT2D eigenvalue weighted by molar-refractivity contribution is 5.68. The van der Waals surface area contributed by atoms with Crippen LogP contribution >= 0.6 is 0 Å². The molecule has 1 heterocycles. The maximum Gasteiger partial charge on any atom is 0.407 e. The van der Waals surface area contributed by atoms with Crippen LogP contribution in [0.5, 0.6) is 5.75 Å². The summed E-state index contributed by atoms with van der Waals surface area (Å²) in [5, 5.41) is 29.6. The average molecular weight is 293 g/mol. The molecule has 1 spiro atoms. The molecule has 112 valence electrons. The summed E-state index contributed by atoms with van der Waals surface area (Å²) in [7, 11) is 0. The van der Waals surface area contributed by atoms with Gasteiger partial charge in [-0.3, -0.25) is 15.0 Å². The highest BCUT2D eigenvalue weighted by atomic mass is 16.6. The number of phenolic OH excluding ortho intramolecular Hbond substituents is 1. The van der Waals surface area contributed by atoms with Gasteiger partial charge in [0.1, 0.15) is 0 Å². The topological polar surface area (TPSA) is 107 Å². The van der Waals surface area contributed by atoms with Gasteiger partial charge < -0.3 is 15.1 Å². The van der Waals surface area contributed by atoms with Crippen LogP contribution in [-0.4, -0.2) is 51.3 Å². The lowest BCUT2D eigenvalue weighted by atomic mass is 10.1. The first-order chi connectivity index (χ1) is 9.93. The second-order valence-corrected chi connectivity index (χ2v) is 5.51. The molecular weight excluding hydrogens is 278 g/mol. The van der Waals surface area contributed by atoms with Crippen molar-refractivity contribution in [3.63, 3.8) is 0 Å². The van der Waals surface area contributed by atoms with Crippen molar-refractivity contribution in [3.8, 4) is 5.75 Å². The number of phenols is 1. The van der Waals surface area contributed by atoms with Crippen LogP contribution in [0.3, 0.4) is 0 Å². The SMILES string of the molecule is O=C(O)N1CCN(c2ccc([N+](=O)[O-])c(O)c2)CC12CC2. The summed E-state index contributed by atoms with van der Waals surface area (Å²) in [6.07, 6.45) is 0.752. The van der Waals surface area contributed by atoms with Crippen molar-refractivity contribution in [3.05, 3.63) is 28.3 Å². The molecule has 1 amide bonds. The van der Waals surface area contributed by atoms with E-state index < -0.39 is 11.0 Å². The molecule has 1 saturated heterocycles. The number of nitro groups is 1. The first kappa shape index (κ1) is 13.5. The predicted octanol–water partition coefficient (Wildman–Crippen LogP) is 1.63. The maximum atomic E-state index is 11.2. The van der Waals surface area contributed by atoms with Crippen molar-refractivity contribution in [2.24, 2.45) is 0 Å². The van der Waals surface area contributed by atoms with Crippen LogP contribution in [-0.2, 0) is 0 Å². The van der Waals surface area contributed by atoms with Crippen LogP contribution in [0.4, 0.5) is 16.2 Å². The van der Waals surface area contributed by atoms with Crippen molar-refractivity contribution in [2.45, 2.75) is 18.4 Å². The molecule has 1 aliphatic heterocycles. The van der Waals surface area contributed by atoms with Crippen LogP contribution in [0.2, 0.25) is 0 Å². The van der Waals surface area contributed by atoms with Gasteiger partial charge in [-0.1, -0.05) is 0 Å². The Hall–Kier alpha value is -2.51. The Morgan fingerprint density at radius 2 is 2.05 bits per heavy atom. The van der Waals surface area contributed by atoms with Crippen LogP contribution in [0.15, 0.2) is 18.2 Å². The molecule has 1 aromatic carbocycles. The predicted molar refractivity (Wildman–Crippen MR) is 73.7 cm³/mol. The van der Waals surface area contributed by atoms with Gasteiger partial charge in [0.2, 0.25) is 0 Å². The summed E-state index contributed by atoms with van der Waals surface area (Å²) in [6.45, 7) is 1.45. The molecule has 1 aliphatic carbocycles. The molecule has 2 aliphatic rings. The van der Waals surface area contributed by atoms with Gasteiger partial charge in [0.15, 0.2) is 5.75 Å². The Labute approximate surface area is 120 Å². The number of amides is 1. The number of hydrogen-bond acceptors (Lipinski definition) is 5. The summed E-state index contributed by atoms with van der Waals surface area (Å²) in [6, 6.07) is 4.23. The maximum absolute atomic E-state index is 11.2. The van der Waals surface area contributed by atoms with E-state index in [0.29, 0.717) is 25.3 Å². The van der Waals surface area contributed by atoms with E-state index in [-0.39, 0.29) is 17.0 Å². The first-order valence-electron chi connectivity index (χ1n) is 6.66. The fourth-order valence-corrected chi connectivity index (χ4v) is 2.93. The van der Waals surface area contributed by atoms with Crippen molar-refractivity contribution in [2.75, 3.05) is 24.5 Å². The summed E-state index contributed by atoms with van der Waals surface area (Å²) in [4.78, 5) is 24.7. The van der Waals surface area contributed by atoms with Crippen LogP contribution in [0, 0.1) is 10.1 Å². The molecule has 1 saturated carbocycles. The van der Waals surface area contributed by atoms with Crippen LogP contribution in [0.25, 0.3) is 0 Å². The number of nitrogens with zero attached hydrogens (tertiary/aromatic N) is 3. The Morgan fingerprint density at radius 1 is 1.33 bits per heavy atom. The second kappa shape index (κ2) is 4.51. The first-order valence-corrected chi connectivity index (χ1v) is 6.66. The minimum absolute atomic E-state index is 0.330. The summed E-state index contributed by atoms with van der Waals surface area (Å²) in [5.74, 6) is -0.372. The zero-order chi connectivity index (χ0) is 15.2. The summed E-state index contributed by atoms with van der Waals surface area (Å²) >= 11 is 0. The smallest absolute Gasteiger partial charge is 0.407 e. The number of piperazine rings is 1. The number of carboxylic acid groups (broad SMARTS) is 1. The molecule has 0 radical (unpaired) electrons. The number of benzene rings is 1. The zero-order valence-electron chi connectivity index (χ0n) is 11.2. The molecule has 0 unspecified atom stereocenters. The van der Waals surface area contributed by atoms with E-state index in [9.17, 15) is 25.1 Å². The molecule has 2 fully saturated rings. The van der Waals surface area contributed by atoms with Crippen LogP contribution < -0.4 is 4.90 Å². The number of rotatable bonds is 2. The van der Waals surface area contributed by atoms with E-state index in [1.54, 1.807) is 6.07 Å². The highest BCUT2D eigenvalue weighted by Crippen LogP contribution is 2.45. The van der Waals surface area contributed by atoms with Gasteiger partial charge in [-0.05, 0) is 18.9 Å². The molecule has 21 heavy (non-hydrogen) atoms. The molecule has 1 aromatic rings. The van der Waals surface area contributed by atoms with Crippen molar-refractivity contribution < 1.29 is 19.9 Å². The molecule has 3 rings (SSSR count). The fourth-order valence-electron chi connectivity index (χ4n) is 2.93. The molecule has 0 atom stereocenters. The molecule has 0 bridgehead atoms. The zero-order valence-corrected chi connectivity index (χ0v) is 11.2. The number of nitro benzene ring substituents is 1. The standard InChI is InChI=1S/C13H15N3O5/c17-11-7-9(1-2-10(11)16(20)21)14-5-6-15(12(18)19)13(8-14)3-4-13/h1-2,7,17H,3-6,8H2,(H,18,19). The third-order valence-electron chi connectivity index (χ3n) is 4.23. The lowest BCUT2D eigenvalue weighted by Gasteiger charge is -2.41. The van der Waals surface area contributed by atoms with Gasteiger partial charge in [0.25, 0.3) is 0 Å². The lowest BCUT2D eigenvalue weighted by Crippen LogP contribution is -2.56. The van der Waals surface area contributed by atoms with E-state index in [2.05, 4.69) is 0 Å².